The molecule has 0 saturated heterocycles. The van der Waals surface area contributed by atoms with Crippen LogP contribution in [0.15, 0.2) is 36.5 Å². The third kappa shape index (κ3) is 3.01. The lowest BCUT2D eigenvalue weighted by Crippen LogP contribution is -2.33. The van der Waals surface area contributed by atoms with E-state index in [0.29, 0.717) is 6.04 Å². The first-order chi connectivity index (χ1) is 9.86. The smallest absolute Gasteiger partial charge is 0.0705 e. The van der Waals surface area contributed by atoms with Gasteiger partial charge in [-0.2, -0.15) is 0 Å². The molecule has 20 heavy (non-hydrogen) atoms. The molecule has 0 radical (unpaired) electrons. The van der Waals surface area contributed by atoms with E-state index in [9.17, 15) is 0 Å². The van der Waals surface area contributed by atoms with E-state index < -0.39 is 0 Å². The van der Waals surface area contributed by atoms with Gasteiger partial charge in [0.05, 0.1) is 5.52 Å². The summed E-state index contributed by atoms with van der Waals surface area (Å²) in [5.41, 5.74) is 2.47. The largest absolute Gasteiger partial charge is 0.310 e. The van der Waals surface area contributed by atoms with E-state index in [4.69, 9.17) is 0 Å². The number of nitrogens with one attached hydrogen (secondary N) is 1. The molecule has 0 aliphatic heterocycles. The van der Waals surface area contributed by atoms with E-state index in [2.05, 4.69) is 47.6 Å². The summed E-state index contributed by atoms with van der Waals surface area (Å²) in [5, 5.41) is 5.05. The Kier molecular flexibility index (Phi) is 4.31. The van der Waals surface area contributed by atoms with Crippen molar-refractivity contribution in [1.29, 1.82) is 0 Å². The van der Waals surface area contributed by atoms with Gasteiger partial charge in [-0.3, -0.25) is 4.98 Å². The molecule has 1 saturated carbocycles. The standard InChI is InChI=1S/C18H24N2/c1-2-14-6-5-7-16(12-14)20-13-15-10-11-19-18-9-4-3-8-17(15)18/h3-4,8-11,14,16,20H,2,5-7,12-13H2,1H3. The van der Waals surface area contributed by atoms with Crippen LogP contribution in [0, 0.1) is 5.92 Å². The molecule has 2 unspecified atom stereocenters. The predicted molar refractivity (Wildman–Crippen MR) is 84.6 cm³/mol. The molecule has 2 aromatic rings. The topological polar surface area (TPSA) is 24.9 Å². The average Bonchev–Trinajstić information content (AvgIpc) is 2.53. The van der Waals surface area contributed by atoms with Crippen molar-refractivity contribution in [2.75, 3.05) is 0 Å². The van der Waals surface area contributed by atoms with Crippen LogP contribution >= 0.6 is 0 Å². The maximum Gasteiger partial charge on any atom is 0.0705 e. The van der Waals surface area contributed by atoms with Gasteiger partial charge in [0.25, 0.3) is 0 Å². The second kappa shape index (κ2) is 6.36. The SMILES string of the molecule is CCC1CCCC(NCc2ccnc3ccccc23)C1. The monoisotopic (exact) mass is 268 g/mol. The van der Waals surface area contributed by atoms with Crippen molar-refractivity contribution in [1.82, 2.24) is 10.3 Å². The Morgan fingerprint density at radius 1 is 1.20 bits per heavy atom. The van der Waals surface area contributed by atoms with Gasteiger partial charge in [-0.15, -0.1) is 0 Å². The second-order valence-corrected chi connectivity index (χ2v) is 6.01. The third-order valence-corrected chi connectivity index (χ3v) is 4.68. The molecule has 1 fully saturated rings. The lowest BCUT2D eigenvalue weighted by Gasteiger charge is -2.29. The van der Waals surface area contributed by atoms with Crippen LogP contribution in [0.1, 0.15) is 44.6 Å². The molecule has 0 bridgehead atoms. The highest BCUT2D eigenvalue weighted by molar-refractivity contribution is 5.81. The van der Waals surface area contributed by atoms with Crippen LogP contribution in [0.4, 0.5) is 0 Å². The minimum absolute atomic E-state index is 0.695. The van der Waals surface area contributed by atoms with Gasteiger partial charge in [-0.1, -0.05) is 44.4 Å². The Bertz CT molecular complexity index is 559. The minimum Gasteiger partial charge on any atom is -0.310 e. The Morgan fingerprint density at radius 3 is 3.00 bits per heavy atom. The lowest BCUT2D eigenvalue weighted by atomic mass is 9.84. The average molecular weight is 268 g/mol. The number of rotatable bonds is 4. The molecule has 2 heteroatoms. The summed E-state index contributed by atoms with van der Waals surface area (Å²) >= 11 is 0. The first-order valence-electron chi connectivity index (χ1n) is 7.93. The molecule has 1 aliphatic carbocycles. The van der Waals surface area contributed by atoms with Crippen LogP contribution in [0.2, 0.25) is 0 Å². The van der Waals surface area contributed by atoms with Gasteiger partial charge in [-0.05, 0) is 36.5 Å². The Hall–Kier alpha value is -1.41. The summed E-state index contributed by atoms with van der Waals surface area (Å²) in [4.78, 5) is 4.43. The normalized spacial score (nSPS) is 23.1. The number of pyridine rings is 1. The summed E-state index contributed by atoms with van der Waals surface area (Å²) in [6, 6.07) is 11.3. The van der Waals surface area contributed by atoms with Gasteiger partial charge in [0.15, 0.2) is 0 Å². The van der Waals surface area contributed by atoms with Crippen LogP contribution in [0.25, 0.3) is 10.9 Å². The number of hydrogen-bond acceptors (Lipinski definition) is 2. The summed E-state index contributed by atoms with van der Waals surface area (Å²) < 4.78 is 0. The van der Waals surface area contributed by atoms with Gasteiger partial charge in [0.2, 0.25) is 0 Å². The third-order valence-electron chi connectivity index (χ3n) is 4.68. The maximum atomic E-state index is 4.43. The summed E-state index contributed by atoms with van der Waals surface area (Å²) in [7, 11) is 0. The summed E-state index contributed by atoms with van der Waals surface area (Å²) in [6.07, 6.45) is 8.74. The number of nitrogens with zero attached hydrogens (tertiary/aromatic N) is 1. The Balaban J connectivity index is 1.68. The zero-order chi connectivity index (χ0) is 13.8. The van der Waals surface area contributed by atoms with Crippen LogP contribution in [0.5, 0.6) is 0 Å². The first kappa shape index (κ1) is 13.6. The number of para-hydroxylation sites is 1. The van der Waals surface area contributed by atoms with Gasteiger partial charge in [0, 0.05) is 24.2 Å². The molecule has 1 aromatic carbocycles. The van der Waals surface area contributed by atoms with E-state index in [0.717, 1.165) is 18.0 Å². The van der Waals surface area contributed by atoms with Crippen molar-refractivity contribution in [3.63, 3.8) is 0 Å². The molecule has 2 atom stereocenters. The summed E-state index contributed by atoms with van der Waals surface area (Å²) in [6.45, 7) is 3.29. The zero-order valence-corrected chi connectivity index (χ0v) is 12.3. The van der Waals surface area contributed by atoms with Gasteiger partial charge >= 0.3 is 0 Å². The van der Waals surface area contributed by atoms with Crippen molar-refractivity contribution in [3.8, 4) is 0 Å². The zero-order valence-electron chi connectivity index (χ0n) is 12.3. The van der Waals surface area contributed by atoms with Crippen molar-refractivity contribution in [2.24, 2.45) is 5.92 Å². The minimum atomic E-state index is 0.695. The fraction of sp³-hybridized carbons (Fsp3) is 0.500. The Labute approximate surface area is 121 Å². The fourth-order valence-electron chi connectivity index (χ4n) is 3.41. The molecule has 106 valence electrons. The van der Waals surface area contributed by atoms with Crippen molar-refractivity contribution in [2.45, 2.75) is 51.6 Å². The molecule has 0 spiro atoms. The van der Waals surface area contributed by atoms with Gasteiger partial charge in [0.1, 0.15) is 0 Å². The van der Waals surface area contributed by atoms with E-state index in [-0.39, 0.29) is 0 Å². The lowest BCUT2D eigenvalue weighted by molar-refractivity contribution is 0.278. The maximum absolute atomic E-state index is 4.43. The molecule has 0 amide bonds. The van der Waals surface area contributed by atoms with E-state index in [1.54, 1.807) is 0 Å². The van der Waals surface area contributed by atoms with Crippen molar-refractivity contribution in [3.05, 3.63) is 42.1 Å². The quantitative estimate of drug-likeness (QED) is 0.894. The number of aromatic nitrogens is 1. The predicted octanol–water partition coefficient (Wildman–Crippen LogP) is 4.29. The number of fused-ring (bicyclic) bond motifs is 1. The molecule has 1 aromatic heterocycles. The van der Waals surface area contributed by atoms with Gasteiger partial charge in [-0.25, -0.2) is 0 Å². The molecule has 1 aliphatic rings. The van der Waals surface area contributed by atoms with Crippen LogP contribution in [0.3, 0.4) is 0 Å². The molecule has 3 rings (SSSR count). The highest BCUT2D eigenvalue weighted by Crippen LogP contribution is 2.27. The molecular weight excluding hydrogens is 244 g/mol. The molecule has 2 nitrogen and oxygen atoms in total. The highest BCUT2D eigenvalue weighted by Gasteiger charge is 2.20. The molecule has 1 heterocycles. The van der Waals surface area contributed by atoms with E-state index in [1.165, 1.54) is 43.1 Å². The van der Waals surface area contributed by atoms with Crippen molar-refractivity contribution >= 4 is 10.9 Å². The van der Waals surface area contributed by atoms with E-state index in [1.807, 2.05) is 6.20 Å². The number of benzene rings is 1. The summed E-state index contributed by atoms with van der Waals surface area (Å²) in [5.74, 6) is 0.926. The van der Waals surface area contributed by atoms with Crippen LogP contribution in [-0.2, 0) is 6.54 Å². The molecular formula is C18H24N2. The molecule has 1 N–H and O–H groups in total. The highest BCUT2D eigenvalue weighted by atomic mass is 14.9. The fourth-order valence-corrected chi connectivity index (χ4v) is 3.41. The van der Waals surface area contributed by atoms with Crippen LogP contribution < -0.4 is 5.32 Å². The first-order valence-corrected chi connectivity index (χ1v) is 7.93. The van der Waals surface area contributed by atoms with Gasteiger partial charge < -0.3 is 5.32 Å². The number of hydrogen-bond donors (Lipinski definition) is 1. The van der Waals surface area contributed by atoms with E-state index >= 15 is 0 Å². The Morgan fingerprint density at radius 2 is 2.10 bits per heavy atom. The second-order valence-electron chi connectivity index (χ2n) is 6.01. The van der Waals surface area contributed by atoms with Crippen molar-refractivity contribution < 1.29 is 0 Å². The van der Waals surface area contributed by atoms with Crippen LogP contribution in [-0.4, -0.2) is 11.0 Å².